The Morgan fingerprint density at radius 3 is 2.43 bits per heavy atom. The van der Waals surface area contributed by atoms with Gasteiger partial charge in [0, 0.05) is 30.3 Å². The van der Waals surface area contributed by atoms with Gasteiger partial charge >= 0.3 is 6.09 Å². The quantitative estimate of drug-likeness (QED) is 0.509. The first kappa shape index (κ1) is 26.5. The second-order valence-electron chi connectivity index (χ2n) is 8.91. The molecule has 35 heavy (non-hydrogen) atoms. The van der Waals surface area contributed by atoms with Crippen molar-refractivity contribution in [2.45, 2.75) is 51.2 Å². The number of hydrogen-bond donors (Lipinski definition) is 2. The number of amides is 3. The van der Waals surface area contributed by atoms with Crippen molar-refractivity contribution < 1.29 is 19.1 Å². The van der Waals surface area contributed by atoms with Crippen LogP contribution in [0.3, 0.4) is 0 Å². The summed E-state index contributed by atoms with van der Waals surface area (Å²) in [5.41, 5.74) is 7.56. The number of anilines is 1. The molecular formula is C26H33ClN4O4. The Hall–Kier alpha value is -3.10. The number of halogens is 1. The molecule has 2 aromatic carbocycles. The second-order valence-corrected chi connectivity index (χ2v) is 9.32. The molecule has 0 aliphatic carbocycles. The van der Waals surface area contributed by atoms with Gasteiger partial charge in [-0.15, -0.1) is 0 Å². The lowest BCUT2D eigenvalue weighted by Gasteiger charge is -2.47. The lowest BCUT2D eigenvalue weighted by Crippen LogP contribution is -2.59. The molecule has 0 unspecified atom stereocenters. The Bertz CT molecular complexity index is 1020. The standard InChI is InChI=1S/C26H33ClN4O4/c1-3-20-8-10-22(11-9-20)29-25(34)35-17-26(12-14-30(15-13-26)24(33)19(2)28)31(18-32)16-21-6-4-5-7-23(21)27/h4-11,18-19H,3,12-17,28H2,1-2H3,(H,29,34)/t19-/m1/s1. The number of nitrogens with one attached hydrogen (secondary N) is 1. The molecule has 3 amide bonds. The van der Waals surface area contributed by atoms with Gasteiger partial charge in [0.2, 0.25) is 12.3 Å². The van der Waals surface area contributed by atoms with Gasteiger partial charge in [-0.1, -0.05) is 48.9 Å². The molecule has 9 heteroatoms. The number of rotatable bonds is 9. The molecule has 1 heterocycles. The SMILES string of the molecule is CCc1ccc(NC(=O)OCC2(N(C=O)Cc3ccccc3Cl)CCN(C(=O)[C@@H](C)N)CC2)cc1. The molecule has 0 bridgehead atoms. The maximum absolute atomic E-state index is 12.6. The van der Waals surface area contributed by atoms with Gasteiger partial charge in [-0.25, -0.2) is 4.79 Å². The number of hydrogen-bond acceptors (Lipinski definition) is 5. The highest BCUT2D eigenvalue weighted by molar-refractivity contribution is 6.31. The number of nitrogens with zero attached hydrogens (tertiary/aromatic N) is 2. The molecule has 1 aliphatic rings. The molecule has 8 nitrogen and oxygen atoms in total. The third-order valence-electron chi connectivity index (χ3n) is 6.51. The minimum absolute atomic E-state index is 0.0186. The zero-order valence-electron chi connectivity index (χ0n) is 20.2. The minimum Gasteiger partial charge on any atom is -0.447 e. The van der Waals surface area contributed by atoms with E-state index in [1.807, 2.05) is 42.5 Å². The van der Waals surface area contributed by atoms with Crippen molar-refractivity contribution in [1.82, 2.24) is 9.80 Å². The molecule has 3 N–H and O–H groups in total. The maximum atomic E-state index is 12.6. The van der Waals surface area contributed by atoms with E-state index in [1.54, 1.807) is 22.8 Å². The largest absolute Gasteiger partial charge is 0.447 e. The first-order valence-corrected chi connectivity index (χ1v) is 12.2. The van der Waals surface area contributed by atoms with Crippen LogP contribution in [0, 0.1) is 0 Å². The molecule has 1 atom stereocenters. The lowest BCUT2D eigenvalue weighted by molar-refractivity contribution is -0.138. The Morgan fingerprint density at radius 1 is 1.20 bits per heavy atom. The van der Waals surface area contributed by atoms with Crippen molar-refractivity contribution in [2.24, 2.45) is 5.73 Å². The topological polar surface area (TPSA) is 105 Å². The molecule has 1 fully saturated rings. The van der Waals surface area contributed by atoms with Crippen LogP contribution < -0.4 is 11.1 Å². The highest BCUT2D eigenvalue weighted by Gasteiger charge is 2.42. The molecule has 1 aliphatic heterocycles. The third-order valence-corrected chi connectivity index (χ3v) is 6.88. The van der Waals surface area contributed by atoms with Crippen LogP contribution in [0.25, 0.3) is 0 Å². The second kappa shape index (κ2) is 12.0. The van der Waals surface area contributed by atoms with Gasteiger partial charge in [-0.3, -0.25) is 14.9 Å². The van der Waals surface area contributed by atoms with Crippen molar-refractivity contribution in [3.63, 3.8) is 0 Å². The van der Waals surface area contributed by atoms with Crippen LogP contribution in [-0.4, -0.2) is 59.5 Å². The van der Waals surface area contributed by atoms with Gasteiger partial charge in [0.15, 0.2) is 0 Å². The molecule has 2 aromatic rings. The van der Waals surface area contributed by atoms with Crippen LogP contribution >= 0.6 is 11.6 Å². The molecule has 0 spiro atoms. The summed E-state index contributed by atoms with van der Waals surface area (Å²) in [5, 5.41) is 3.29. The van der Waals surface area contributed by atoms with Crippen LogP contribution in [-0.2, 0) is 27.3 Å². The average Bonchev–Trinajstić information content (AvgIpc) is 2.87. The van der Waals surface area contributed by atoms with Gasteiger partial charge in [-0.05, 0) is 55.5 Å². The van der Waals surface area contributed by atoms with Gasteiger partial charge in [0.05, 0.1) is 11.6 Å². The van der Waals surface area contributed by atoms with E-state index in [1.165, 1.54) is 0 Å². The molecule has 0 aromatic heterocycles. The van der Waals surface area contributed by atoms with Crippen molar-refractivity contribution in [2.75, 3.05) is 25.0 Å². The maximum Gasteiger partial charge on any atom is 0.411 e. The summed E-state index contributed by atoms with van der Waals surface area (Å²) in [6, 6.07) is 14.2. The van der Waals surface area contributed by atoms with Crippen LogP contribution in [0.5, 0.6) is 0 Å². The van der Waals surface area contributed by atoms with Crippen molar-refractivity contribution in [3.05, 3.63) is 64.7 Å². The number of nitrogens with two attached hydrogens (primary N) is 1. The van der Waals surface area contributed by atoms with Crippen LogP contribution in [0.2, 0.25) is 5.02 Å². The summed E-state index contributed by atoms with van der Waals surface area (Å²) in [4.78, 5) is 40.6. The summed E-state index contributed by atoms with van der Waals surface area (Å²) in [7, 11) is 0. The highest BCUT2D eigenvalue weighted by atomic mass is 35.5. The summed E-state index contributed by atoms with van der Waals surface area (Å²) in [6.45, 7) is 4.75. The Labute approximate surface area is 211 Å². The fourth-order valence-corrected chi connectivity index (χ4v) is 4.45. The summed E-state index contributed by atoms with van der Waals surface area (Å²) in [6.07, 6.45) is 1.94. The van der Waals surface area contributed by atoms with E-state index in [2.05, 4.69) is 12.2 Å². The molecule has 3 rings (SSSR count). The fourth-order valence-electron chi connectivity index (χ4n) is 4.25. The van der Waals surface area contributed by atoms with Crippen LogP contribution in [0.15, 0.2) is 48.5 Å². The Balaban J connectivity index is 1.75. The van der Waals surface area contributed by atoms with Crippen LogP contribution in [0.4, 0.5) is 10.5 Å². The predicted octanol–water partition coefficient (Wildman–Crippen LogP) is 3.82. The summed E-state index contributed by atoms with van der Waals surface area (Å²) >= 11 is 6.34. The number of aryl methyl sites for hydroxylation is 1. The normalized spacial score (nSPS) is 15.7. The number of benzene rings is 2. The Morgan fingerprint density at radius 2 is 1.86 bits per heavy atom. The molecular weight excluding hydrogens is 468 g/mol. The molecule has 1 saturated heterocycles. The van der Waals surface area contributed by atoms with E-state index in [0.29, 0.717) is 36.6 Å². The van der Waals surface area contributed by atoms with Gasteiger partial charge in [-0.2, -0.15) is 0 Å². The zero-order valence-corrected chi connectivity index (χ0v) is 21.0. The van der Waals surface area contributed by atoms with E-state index in [9.17, 15) is 14.4 Å². The lowest BCUT2D eigenvalue weighted by atomic mass is 9.86. The highest BCUT2D eigenvalue weighted by Crippen LogP contribution is 2.32. The van der Waals surface area contributed by atoms with Crippen molar-refractivity contribution in [3.8, 4) is 0 Å². The van der Waals surface area contributed by atoms with Crippen molar-refractivity contribution in [1.29, 1.82) is 0 Å². The number of piperidine rings is 1. The fraction of sp³-hybridized carbons (Fsp3) is 0.423. The van der Waals surface area contributed by atoms with E-state index in [0.717, 1.165) is 24.0 Å². The third kappa shape index (κ3) is 6.74. The van der Waals surface area contributed by atoms with E-state index in [-0.39, 0.29) is 19.1 Å². The number of ether oxygens (including phenoxy) is 1. The van der Waals surface area contributed by atoms with Crippen LogP contribution in [0.1, 0.15) is 37.8 Å². The Kier molecular flexibility index (Phi) is 9.12. The minimum atomic E-state index is -0.793. The van der Waals surface area contributed by atoms with Gasteiger partial charge in [0.1, 0.15) is 6.61 Å². The molecule has 0 saturated carbocycles. The summed E-state index contributed by atoms with van der Waals surface area (Å²) < 4.78 is 5.63. The predicted molar refractivity (Wildman–Crippen MR) is 136 cm³/mol. The van der Waals surface area contributed by atoms with E-state index >= 15 is 0 Å². The molecule has 188 valence electrons. The molecule has 0 radical (unpaired) electrons. The number of carbonyl (C=O) groups excluding carboxylic acids is 3. The monoisotopic (exact) mass is 500 g/mol. The smallest absolute Gasteiger partial charge is 0.411 e. The first-order valence-electron chi connectivity index (χ1n) is 11.8. The van der Waals surface area contributed by atoms with E-state index < -0.39 is 17.7 Å². The van der Waals surface area contributed by atoms with Crippen molar-refractivity contribution >= 4 is 35.7 Å². The zero-order chi connectivity index (χ0) is 25.4. The van der Waals surface area contributed by atoms with Gasteiger partial charge in [0.25, 0.3) is 0 Å². The van der Waals surface area contributed by atoms with Gasteiger partial charge < -0.3 is 20.3 Å². The average molecular weight is 501 g/mol. The summed E-state index contributed by atoms with van der Waals surface area (Å²) in [5.74, 6) is -0.142. The van der Waals surface area contributed by atoms with E-state index in [4.69, 9.17) is 22.1 Å². The first-order chi connectivity index (χ1) is 16.8. The number of carbonyl (C=O) groups is 3. The number of likely N-dealkylation sites (tertiary alicyclic amines) is 1.